The molecule has 0 radical (unpaired) electrons. The molecule has 0 aromatic heterocycles. The molecule has 9 heteroatoms. The van der Waals surface area contributed by atoms with Crippen molar-refractivity contribution in [2.75, 3.05) is 10.6 Å². The normalized spacial score (nSPS) is 11.0. The predicted octanol–water partition coefficient (Wildman–Crippen LogP) is 4.67. The van der Waals surface area contributed by atoms with Crippen molar-refractivity contribution in [2.24, 2.45) is 0 Å². The van der Waals surface area contributed by atoms with Gasteiger partial charge in [-0.05, 0) is 36.5 Å². The Labute approximate surface area is 133 Å². The summed E-state index contributed by atoms with van der Waals surface area (Å²) in [6, 6.07) is 8.09. The molecule has 0 atom stereocenters. The highest BCUT2D eigenvalue weighted by molar-refractivity contribution is 7.80. The number of alkyl halides is 3. The van der Waals surface area contributed by atoms with Crippen LogP contribution in [0, 0.1) is 11.6 Å². The Balaban J connectivity index is 2.02. The van der Waals surface area contributed by atoms with Gasteiger partial charge in [0, 0.05) is 23.5 Å². The van der Waals surface area contributed by atoms with Crippen molar-refractivity contribution in [1.29, 1.82) is 0 Å². The highest BCUT2D eigenvalue weighted by atomic mass is 32.1. The minimum Gasteiger partial charge on any atom is -0.406 e. The van der Waals surface area contributed by atoms with E-state index in [4.69, 9.17) is 12.2 Å². The summed E-state index contributed by atoms with van der Waals surface area (Å²) in [5.41, 5.74) is 0.413. The van der Waals surface area contributed by atoms with E-state index in [0.29, 0.717) is 0 Å². The Hall–Kier alpha value is -2.42. The average Bonchev–Trinajstić information content (AvgIpc) is 2.41. The molecule has 0 saturated carbocycles. The van der Waals surface area contributed by atoms with E-state index in [2.05, 4.69) is 15.4 Å². The average molecular weight is 348 g/mol. The Kier molecular flexibility index (Phi) is 4.99. The molecule has 0 amide bonds. The van der Waals surface area contributed by atoms with Gasteiger partial charge in [-0.3, -0.25) is 0 Å². The van der Waals surface area contributed by atoms with Gasteiger partial charge in [-0.15, -0.1) is 13.2 Å². The Morgan fingerprint density at radius 1 is 0.913 bits per heavy atom. The number of rotatable bonds is 3. The number of thiocarbonyl (C=S) groups is 1. The fourth-order valence-electron chi connectivity index (χ4n) is 1.64. The SMILES string of the molecule is Fc1ccc(NC(=S)Nc2cccc(OC(F)(F)F)c2)cc1F. The molecule has 0 aliphatic carbocycles. The molecule has 0 aliphatic rings. The van der Waals surface area contributed by atoms with Crippen LogP contribution in [0.25, 0.3) is 0 Å². The van der Waals surface area contributed by atoms with Crippen LogP contribution in [0.4, 0.5) is 33.3 Å². The number of hydrogen-bond donors (Lipinski definition) is 2. The van der Waals surface area contributed by atoms with Crippen molar-refractivity contribution in [2.45, 2.75) is 6.36 Å². The van der Waals surface area contributed by atoms with Crippen LogP contribution in [0.5, 0.6) is 5.75 Å². The maximum atomic E-state index is 13.1. The number of ether oxygens (including phenoxy) is 1. The lowest BCUT2D eigenvalue weighted by Gasteiger charge is -2.13. The summed E-state index contributed by atoms with van der Waals surface area (Å²) in [6.07, 6.45) is -4.80. The summed E-state index contributed by atoms with van der Waals surface area (Å²) < 4.78 is 66.1. The minimum absolute atomic E-state index is 0.0137. The summed E-state index contributed by atoms with van der Waals surface area (Å²) >= 11 is 4.95. The van der Waals surface area contributed by atoms with Crippen LogP contribution < -0.4 is 15.4 Å². The van der Waals surface area contributed by atoms with E-state index in [1.165, 1.54) is 18.2 Å². The van der Waals surface area contributed by atoms with Gasteiger partial charge in [0.15, 0.2) is 16.7 Å². The molecule has 0 unspecified atom stereocenters. The summed E-state index contributed by atoms with van der Waals surface area (Å²) in [4.78, 5) is 0. The van der Waals surface area contributed by atoms with E-state index in [0.717, 1.165) is 24.3 Å². The van der Waals surface area contributed by atoms with Gasteiger partial charge in [0.05, 0.1) is 0 Å². The van der Waals surface area contributed by atoms with Crippen LogP contribution in [0.1, 0.15) is 0 Å². The molecule has 0 heterocycles. The number of anilines is 2. The van der Waals surface area contributed by atoms with E-state index in [1.807, 2.05) is 0 Å². The molecular weight excluding hydrogens is 339 g/mol. The second kappa shape index (κ2) is 6.78. The highest BCUT2D eigenvalue weighted by Crippen LogP contribution is 2.25. The zero-order valence-corrected chi connectivity index (χ0v) is 12.1. The lowest BCUT2D eigenvalue weighted by Crippen LogP contribution is -2.20. The van der Waals surface area contributed by atoms with Crippen molar-refractivity contribution in [3.8, 4) is 5.75 Å². The zero-order valence-electron chi connectivity index (χ0n) is 11.2. The smallest absolute Gasteiger partial charge is 0.406 e. The number of halogens is 5. The monoisotopic (exact) mass is 348 g/mol. The lowest BCUT2D eigenvalue weighted by molar-refractivity contribution is -0.274. The van der Waals surface area contributed by atoms with E-state index in [1.54, 1.807) is 0 Å². The highest BCUT2D eigenvalue weighted by Gasteiger charge is 2.31. The molecule has 2 N–H and O–H groups in total. The van der Waals surface area contributed by atoms with Crippen LogP contribution in [0.3, 0.4) is 0 Å². The van der Waals surface area contributed by atoms with Crippen LogP contribution in [-0.2, 0) is 0 Å². The predicted molar refractivity (Wildman–Crippen MR) is 79.3 cm³/mol. The molecular formula is C14H9F5N2OS. The number of benzene rings is 2. The minimum atomic E-state index is -4.80. The third kappa shape index (κ3) is 5.37. The molecule has 0 fully saturated rings. The van der Waals surface area contributed by atoms with Gasteiger partial charge in [0.25, 0.3) is 0 Å². The van der Waals surface area contributed by atoms with Gasteiger partial charge >= 0.3 is 6.36 Å². The largest absolute Gasteiger partial charge is 0.573 e. The maximum absolute atomic E-state index is 13.1. The summed E-state index contributed by atoms with van der Waals surface area (Å²) in [7, 11) is 0. The lowest BCUT2D eigenvalue weighted by atomic mass is 10.3. The van der Waals surface area contributed by atoms with Gasteiger partial charge in [-0.1, -0.05) is 6.07 Å². The fourth-order valence-corrected chi connectivity index (χ4v) is 1.87. The Morgan fingerprint density at radius 2 is 1.57 bits per heavy atom. The van der Waals surface area contributed by atoms with Gasteiger partial charge in [0.2, 0.25) is 0 Å². The molecule has 2 aromatic rings. The molecule has 23 heavy (non-hydrogen) atoms. The molecule has 0 bridgehead atoms. The second-order valence-electron chi connectivity index (χ2n) is 4.28. The van der Waals surface area contributed by atoms with Crippen LogP contribution >= 0.6 is 12.2 Å². The van der Waals surface area contributed by atoms with Crippen molar-refractivity contribution >= 4 is 28.7 Å². The van der Waals surface area contributed by atoms with Crippen molar-refractivity contribution in [3.05, 3.63) is 54.1 Å². The first-order valence-electron chi connectivity index (χ1n) is 6.12. The molecule has 3 nitrogen and oxygen atoms in total. The molecule has 2 rings (SSSR count). The van der Waals surface area contributed by atoms with Gasteiger partial charge in [-0.2, -0.15) is 0 Å². The topological polar surface area (TPSA) is 33.3 Å². The van der Waals surface area contributed by atoms with E-state index < -0.39 is 23.7 Å². The summed E-state index contributed by atoms with van der Waals surface area (Å²) in [5, 5.41) is 5.17. The molecule has 0 aliphatic heterocycles. The molecule has 122 valence electrons. The van der Waals surface area contributed by atoms with Gasteiger partial charge in [0.1, 0.15) is 5.75 Å². The fraction of sp³-hybridized carbons (Fsp3) is 0.0714. The molecule has 0 spiro atoms. The Morgan fingerprint density at radius 3 is 2.17 bits per heavy atom. The molecule has 2 aromatic carbocycles. The van der Waals surface area contributed by atoms with Crippen LogP contribution in [-0.4, -0.2) is 11.5 Å². The third-order valence-corrected chi connectivity index (χ3v) is 2.71. The first kappa shape index (κ1) is 16.9. The van der Waals surface area contributed by atoms with Crippen LogP contribution in [0.15, 0.2) is 42.5 Å². The standard InChI is InChI=1S/C14H9F5N2OS/c15-11-5-4-9(7-12(11)16)21-13(23)20-8-2-1-3-10(6-8)22-14(17,18)19/h1-7H,(H2,20,21,23). The van der Waals surface area contributed by atoms with Gasteiger partial charge < -0.3 is 15.4 Å². The van der Waals surface area contributed by atoms with Crippen LogP contribution in [0.2, 0.25) is 0 Å². The number of hydrogen-bond acceptors (Lipinski definition) is 2. The maximum Gasteiger partial charge on any atom is 0.573 e. The first-order valence-corrected chi connectivity index (χ1v) is 6.52. The van der Waals surface area contributed by atoms with Gasteiger partial charge in [-0.25, -0.2) is 8.78 Å². The third-order valence-electron chi connectivity index (χ3n) is 2.50. The van der Waals surface area contributed by atoms with Crippen molar-refractivity contribution < 1.29 is 26.7 Å². The number of nitrogens with one attached hydrogen (secondary N) is 2. The quantitative estimate of drug-likeness (QED) is 0.624. The second-order valence-corrected chi connectivity index (χ2v) is 4.69. The van der Waals surface area contributed by atoms with E-state index in [-0.39, 0.29) is 16.5 Å². The van der Waals surface area contributed by atoms with E-state index >= 15 is 0 Å². The van der Waals surface area contributed by atoms with Crippen molar-refractivity contribution in [3.63, 3.8) is 0 Å². The zero-order chi connectivity index (χ0) is 17.0. The first-order chi connectivity index (χ1) is 10.7. The van der Waals surface area contributed by atoms with E-state index in [9.17, 15) is 22.0 Å². The molecule has 0 saturated heterocycles. The van der Waals surface area contributed by atoms with Crippen molar-refractivity contribution in [1.82, 2.24) is 0 Å². The summed E-state index contributed by atoms with van der Waals surface area (Å²) in [5.74, 6) is -2.48. The Bertz CT molecular complexity index is 721. The summed E-state index contributed by atoms with van der Waals surface area (Å²) in [6.45, 7) is 0.